The summed E-state index contributed by atoms with van der Waals surface area (Å²) in [5.74, 6) is -5.25. The Labute approximate surface area is 224 Å². The number of aliphatic hydroxyl groups is 1. The van der Waals surface area contributed by atoms with E-state index in [9.17, 15) is 39.8 Å². The molecule has 3 aromatic rings. The number of nitrogens with one attached hydrogen (secondary N) is 1. The van der Waals surface area contributed by atoms with Crippen LogP contribution in [0.15, 0.2) is 36.4 Å². The average Bonchev–Trinajstić information content (AvgIpc) is 2.92. The largest absolute Gasteiger partial charge is 0.478 e. The van der Waals surface area contributed by atoms with Gasteiger partial charge in [-0.2, -0.15) is 15.2 Å². The fourth-order valence-electron chi connectivity index (χ4n) is 3.45. The van der Waals surface area contributed by atoms with Crippen LogP contribution in [0.4, 0.5) is 5.69 Å². The summed E-state index contributed by atoms with van der Waals surface area (Å²) in [4.78, 5) is 57.6. The van der Waals surface area contributed by atoms with E-state index in [-0.39, 0.29) is 45.3 Å². The molecule has 1 unspecified atom stereocenters. The van der Waals surface area contributed by atoms with E-state index in [0.29, 0.717) is 0 Å². The molecule has 15 heteroatoms. The highest BCUT2D eigenvalue weighted by molar-refractivity contribution is 5.99. The normalized spacial score (nSPS) is 13.7. The zero-order valence-corrected chi connectivity index (χ0v) is 20.7. The summed E-state index contributed by atoms with van der Waals surface area (Å²) in [6.45, 7) is -0.717. The highest BCUT2D eigenvalue weighted by Gasteiger charge is 2.33. The number of hydrogen-bond acceptors (Lipinski definition) is 11. The molecule has 40 heavy (non-hydrogen) atoms. The van der Waals surface area contributed by atoms with Crippen molar-refractivity contribution in [2.24, 2.45) is 0 Å². The number of fused-ring (bicyclic) bond motifs is 1. The summed E-state index contributed by atoms with van der Waals surface area (Å²) in [5.41, 5.74) is -0.790. The minimum Gasteiger partial charge on any atom is -0.478 e. The number of hydrogen-bond donors (Lipinski definition) is 4. The van der Waals surface area contributed by atoms with Gasteiger partial charge < -0.3 is 39.7 Å². The maximum Gasteiger partial charge on any atom is 0.339 e. The molecule has 0 aliphatic carbocycles. The zero-order chi connectivity index (χ0) is 29.1. The zero-order valence-electron chi connectivity index (χ0n) is 20.7. The highest BCUT2D eigenvalue weighted by atomic mass is 16.5. The molecule has 0 radical (unpaired) electrons. The van der Waals surface area contributed by atoms with Gasteiger partial charge in [-0.05, 0) is 36.4 Å². The molecule has 15 nitrogen and oxygen atoms in total. The molecule has 2 amide bonds. The van der Waals surface area contributed by atoms with Crippen molar-refractivity contribution in [1.82, 2.24) is 14.9 Å². The molecule has 2 aromatic carbocycles. The maximum atomic E-state index is 12.5. The number of aromatic nitrogens is 2. The van der Waals surface area contributed by atoms with Crippen LogP contribution in [0.25, 0.3) is 0 Å². The van der Waals surface area contributed by atoms with E-state index in [1.165, 1.54) is 31.1 Å². The Morgan fingerprint density at radius 3 is 2.42 bits per heavy atom. The summed E-state index contributed by atoms with van der Waals surface area (Å²) in [7, 11) is 2.94. The monoisotopic (exact) mass is 549 g/mol. The minimum absolute atomic E-state index is 0.0284. The number of carboxylic acids is 2. The van der Waals surface area contributed by atoms with Crippen molar-refractivity contribution in [2.45, 2.75) is 6.10 Å². The Hall–Kier alpha value is -5.75. The van der Waals surface area contributed by atoms with Gasteiger partial charge in [-0.25, -0.2) is 9.59 Å². The number of nitriles is 1. The number of amides is 2. The topological polar surface area (TPSA) is 221 Å². The standard InChI is InChI=1S/C25H19N5O10/c1-30(2)22(33)12-6-13(23(34)35)8-14(7-12)38-20-18-21(39-17(10-31)19(32)27-18)29-25(28-20)40-16-5-11(9-26)3-4-15(16)24(36)37/h3-8,17,31H,10H2,1-2H3,(H,27,32)(H,34,35)(H,36,37). The van der Waals surface area contributed by atoms with Gasteiger partial charge in [0.2, 0.25) is 12.0 Å². The van der Waals surface area contributed by atoms with Gasteiger partial charge in [-0.3, -0.25) is 9.59 Å². The van der Waals surface area contributed by atoms with Crippen LogP contribution < -0.4 is 19.5 Å². The van der Waals surface area contributed by atoms with Crippen LogP contribution in [0.5, 0.6) is 29.3 Å². The molecule has 204 valence electrons. The van der Waals surface area contributed by atoms with Gasteiger partial charge in [0.1, 0.15) is 17.1 Å². The molecule has 0 saturated heterocycles. The average molecular weight is 549 g/mol. The van der Waals surface area contributed by atoms with Crippen molar-refractivity contribution in [3.63, 3.8) is 0 Å². The lowest BCUT2D eigenvalue weighted by Gasteiger charge is -2.25. The Balaban J connectivity index is 1.84. The van der Waals surface area contributed by atoms with Crippen molar-refractivity contribution in [3.8, 4) is 35.3 Å². The Kier molecular flexibility index (Phi) is 7.46. The van der Waals surface area contributed by atoms with E-state index < -0.39 is 48.4 Å². The number of nitrogens with zero attached hydrogens (tertiary/aromatic N) is 4. The predicted molar refractivity (Wildman–Crippen MR) is 132 cm³/mol. The molecular formula is C25H19N5O10. The first-order valence-electron chi connectivity index (χ1n) is 11.2. The molecule has 0 saturated carbocycles. The first kappa shape index (κ1) is 27.3. The third-order valence-electron chi connectivity index (χ3n) is 5.35. The molecule has 0 bridgehead atoms. The number of carbonyl (C=O) groups is 4. The second kappa shape index (κ2) is 10.9. The van der Waals surface area contributed by atoms with Crippen LogP contribution >= 0.6 is 0 Å². The SMILES string of the molecule is CN(C)C(=O)c1cc(Oc2nc(Oc3cc(C#N)ccc3C(=O)O)nc3c2NC(=O)C(CO)O3)cc(C(=O)O)c1. The lowest BCUT2D eigenvalue weighted by molar-refractivity contribution is -0.125. The van der Waals surface area contributed by atoms with Gasteiger partial charge in [0.25, 0.3) is 17.7 Å². The lowest BCUT2D eigenvalue weighted by atomic mass is 10.1. The maximum absolute atomic E-state index is 12.5. The summed E-state index contributed by atoms with van der Waals surface area (Å²) in [6, 6.07) is 8.35. The van der Waals surface area contributed by atoms with E-state index in [1.807, 2.05) is 6.07 Å². The number of benzene rings is 2. The second-order valence-corrected chi connectivity index (χ2v) is 8.35. The molecule has 2 heterocycles. The number of rotatable bonds is 8. The Bertz CT molecular complexity index is 1600. The van der Waals surface area contributed by atoms with Crippen molar-refractivity contribution < 1.29 is 48.7 Å². The first-order valence-corrected chi connectivity index (χ1v) is 11.2. The molecular weight excluding hydrogens is 530 g/mol. The molecule has 0 fully saturated rings. The van der Waals surface area contributed by atoms with Crippen LogP contribution in [0.1, 0.15) is 36.6 Å². The molecule has 1 aliphatic heterocycles. The van der Waals surface area contributed by atoms with Gasteiger partial charge in [-0.15, -0.1) is 0 Å². The number of anilines is 1. The highest BCUT2D eigenvalue weighted by Crippen LogP contribution is 2.40. The Morgan fingerprint density at radius 2 is 1.80 bits per heavy atom. The number of carbonyl (C=O) groups excluding carboxylic acids is 2. The summed E-state index contributed by atoms with van der Waals surface area (Å²) in [6.07, 6.45) is -1.36. The fraction of sp³-hybridized carbons (Fsp3) is 0.160. The molecule has 1 aromatic heterocycles. The van der Waals surface area contributed by atoms with E-state index >= 15 is 0 Å². The molecule has 0 spiro atoms. The van der Waals surface area contributed by atoms with Crippen molar-refractivity contribution in [3.05, 3.63) is 58.7 Å². The van der Waals surface area contributed by atoms with Crippen molar-refractivity contribution in [2.75, 3.05) is 26.0 Å². The van der Waals surface area contributed by atoms with E-state index in [1.54, 1.807) is 0 Å². The van der Waals surface area contributed by atoms with Crippen LogP contribution in [0, 0.1) is 11.3 Å². The quantitative estimate of drug-likeness (QED) is 0.315. The van der Waals surface area contributed by atoms with Gasteiger partial charge in [0.05, 0.1) is 23.8 Å². The molecule has 1 aliphatic rings. The summed E-state index contributed by atoms with van der Waals surface area (Å²) >= 11 is 0. The number of carboxylic acid groups (broad SMARTS) is 2. The van der Waals surface area contributed by atoms with E-state index in [4.69, 9.17) is 14.2 Å². The first-order chi connectivity index (χ1) is 19.0. The lowest BCUT2D eigenvalue weighted by Crippen LogP contribution is -2.40. The van der Waals surface area contributed by atoms with Crippen LogP contribution in [0.3, 0.4) is 0 Å². The number of ether oxygens (including phenoxy) is 3. The smallest absolute Gasteiger partial charge is 0.339 e. The number of aromatic carboxylic acids is 2. The van der Waals surface area contributed by atoms with E-state index in [2.05, 4.69) is 15.3 Å². The van der Waals surface area contributed by atoms with Crippen molar-refractivity contribution in [1.29, 1.82) is 5.26 Å². The molecule has 1 atom stereocenters. The Morgan fingerprint density at radius 1 is 1.07 bits per heavy atom. The fourth-order valence-corrected chi connectivity index (χ4v) is 3.45. The van der Waals surface area contributed by atoms with Gasteiger partial charge in [-0.1, -0.05) is 0 Å². The van der Waals surface area contributed by atoms with Gasteiger partial charge in [0, 0.05) is 19.7 Å². The number of aliphatic hydroxyl groups excluding tert-OH is 1. The molecule has 4 rings (SSSR count). The van der Waals surface area contributed by atoms with Crippen LogP contribution in [-0.2, 0) is 4.79 Å². The second-order valence-electron chi connectivity index (χ2n) is 8.35. The predicted octanol–water partition coefficient (Wildman–Crippen LogP) is 1.72. The van der Waals surface area contributed by atoms with Crippen molar-refractivity contribution >= 4 is 29.4 Å². The van der Waals surface area contributed by atoms with Gasteiger partial charge >= 0.3 is 17.9 Å². The summed E-state index contributed by atoms with van der Waals surface area (Å²) in [5, 5.41) is 40.2. The van der Waals surface area contributed by atoms with E-state index in [0.717, 1.165) is 24.3 Å². The van der Waals surface area contributed by atoms with Crippen LogP contribution in [-0.4, -0.2) is 80.7 Å². The van der Waals surface area contributed by atoms with Crippen LogP contribution in [0.2, 0.25) is 0 Å². The third kappa shape index (κ3) is 5.56. The van der Waals surface area contributed by atoms with Gasteiger partial charge in [0.15, 0.2) is 5.69 Å². The summed E-state index contributed by atoms with van der Waals surface area (Å²) < 4.78 is 16.8. The third-order valence-corrected chi connectivity index (χ3v) is 5.35. The molecule has 4 N–H and O–H groups in total. The minimum atomic E-state index is -1.37.